The van der Waals surface area contributed by atoms with Crippen LogP contribution in [0.1, 0.15) is 44.0 Å². The van der Waals surface area contributed by atoms with Crippen LogP contribution in [0.15, 0.2) is 18.2 Å². The molecule has 0 saturated carbocycles. The number of rotatable bonds is 8. The molecular formula is C17H26N4O2. The van der Waals surface area contributed by atoms with Crippen LogP contribution in [0.5, 0.6) is 0 Å². The largest absolute Gasteiger partial charge is 0.396 e. The highest BCUT2D eigenvalue weighted by molar-refractivity contribution is 5.97. The molecule has 6 nitrogen and oxygen atoms in total. The lowest BCUT2D eigenvalue weighted by Crippen LogP contribution is -2.30. The number of benzene rings is 1. The van der Waals surface area contributed by atoms with Crippen molar-refractivity contribution >= 4 is 16.9 Å². The lowest BCUT2D eigenvalue weighted by atomic mass is 9.94. The molecule has 2 rings (SSSR count). The van der Waals surface area contributed by atoms with Gasteiger partial charge in [-0.05, 0) is 49.8 Å². The fourth-order valence-electron chi connectivity index (χ4n) is 2.84. The van der Waals surface area contributed by atoms with Gasteiger partial charge in [-0.1, -0.05) is 19.1 Å². The average Bonchev–Trinajstić information content (AvgIpc) is 2.94. The van der Waals surface area contributed by atoms with Gasteiger partial charge in [0.15, 0.2) is 0 Å². The summed E-state index contributed by atoms with van der Waals surface area (Å²) in [5.74, 6) is 0.738. The second-order valence-corrected chi connectivity index (χ2v) is 6.33. The molecule has 0 saturated heterocycles. The zero-order chi connectivity index (χ0) is 16.8. The third kappa shape index (κ3) is 4.51. The molecule has 0 radical (unpaired) electrons. The molecule has 1 heterocycles. The van der Waals surface area contributed by atoms with Crippen LogP contribution in [0.4, 0.5) is 0 Å². The summed E-state index contributed by atoms with van der Waals surface area (Å²) in [6, 6.07) is 5.46. The maximum absolute atomic E-state index is 12.3. The first-order valence-electron chi connectivity index (χ1n) is 8.27. The maximum atomic E-state index is 12.3. The molecule has 23 heavy (non-hydrogen) atoms. The van der Waals surface area contributed by atoms with Gasteiger partial charge in [0, 0.05) is 25.3 Å². The van der Waals surface area contributed by atoms with Crippen LogP contribution in [0.2, 0.25) is 0 Å². The van der Waals surface area contributed by atoms with Gasteiger partial charge >= 0.3 is 0 Å². The highest BCUT2D eigenvalue weighted by atomic mass is 16.3. The van der Waals surface area contributed by atoms with Crippen molar-refractivity contribution in [3.63, 3.8) is 0 Å². The van der Waals surface area contributed by atoms with Crippen molar-refractivity contribution in [2.45, 2.75) is 40.2 Å². The smallest absolute Gasteiger partial charge is 0.251 e. The van der Waals surface area contributed by atoms with Crippen LogP contribution in [0.3, 0.4) is 0 Å². The second-order valence-electron chi connectivity index (χ2n) is 6.33. The van der Waals surface area contributed by atoms with Gasteiger partial charge in [0.2, 0.25) is 0 Å². The molecule has 0 aliphatic rings. The van der Waals surface area contributed by atoms with E-state index in [1.165, 1.54) is 0 Å². The molecule has 6 heteroatoms. The van der Waals surface area contributed by atoms with Gasteiger partial charge in [-0.2, -0.15) is 0 Å². The monoisotopic (exact) mass is 318 g/mol. The Labute approximate surface area is 136 Å². The van der Waals surface area contributed by atoms with Crippen molar-refractivity contribution in [3.05, 3.63) is 23.8 Å². The lowest BCUT2D eigenvalue weighted by Gasteiger charge is -2.18. The fourth-order valence-corrected chi connectivity index (χ4v) is 2.84. The number of fused-ring (bicyclic) bond motifs is 1. The molecule has 0 aliphatic carbocycles. The number of hydrogen-bond acceptors (Lipinski definition) is 4. The van der Waals surface area contributed by atoms with E-state index in [0.29, 0.717) is 30.4 Å². The highest BCUT2D eigenvalue weighted by Gasteiger charge is 2.14. The van der Waals surface area contributed by atoms with E-state index in [9.17, 15) is 4.79 Å². The summed E-state index contributed by atoms with van der Waals surface area (Å²) in [6.45, 7) is 7.79. The van der Waals surface area contributed by atoms with Crippen molar-refractivity contribution in [2.75, 3.05) is 13.2 Å². The standard InChI is InChI=1S/C17H26N4O2/c1-4-21-16-6-5-14(10-15(16)19-20-21)17(23)18-11-13(7-8-22)9-12(2)3/h5-6,10,12-13,22H,4,7-9,11H2,1-3H3,(H,18,23). The zero-order valence-electron chi connectivity index (χ0n) is 14.1. The van der Waals surface area contributed by atoms with Gasteiger partial charge in [-0.25, -0.2) is 4.68 Å². The third-order valence-corrected chi connectivity index (χ3v) is 3.97. The molecule has 2 N–H and O–H groups in total. The van der Waals surface area contributed by atoms with Gasteiger partial charge in [0.1, 0.15) is 5.52 Å². The van der Waals surface area contributed by atoms with E-state index in [2.05, 4.69) is 29.5 Å². The average molecular weight is 318 g/mol. The first-order chi connectivity index (χ1) is 11.0. The van der Waals surface area contributed by atoms with Crippen LogP contribution >= 0.6 is 0 Å². The topological polar surface area (TPSA) is 80.0 Å². The predicted octanol–water partition coefficient (Wildman–Crippen LogP) is 2.23. The van der Waals surface area contributed by atoms with Crippen LogP contribution in [0.25, 0.3) is 11.0 Å². The number of hydrogen-bond donors (Lipinski definition) is 2. The summed E-state index contributed by atoms with van der Waals surface area (Å²) < 4.78 is 1.80. The number of aromatic nitrogens is 3. The van der Waals surface area contributed by atoms with E-state index >= 15 is 0 Å². The molecule has 1 unspecified atom stereocenters. The molecule has 0 fully saturated rings. The van der Waals surface area contributed by atoms with E-state index in [1.54, 1.807) is 16.8 Å². The second kappa shape index (κ2) is 8.06. The Morgan fingerprint density at radius 3 is 2.83 bits per heavy atom. The van der Waals surface area contributed by atoms with Gasteiger partial charge < -0.3 is 10.4 Å². The number of nitrogens with zero attached hydrogens (tertiary/aromatic N) is 3. The number of carbonyl (C=O) groups excluding carboxylic acids is 1. The molecule has 0 bridgehead atoms. The van der Waals surface area contributed by atoms with E-state index in [0.717, 1.165) is 24.0 Å². The van der Waals surface area contributed by atoms with Gasteiger partial charge in [0.05, 0.1) is 5.52 Å². The van der Waals surface area contributed by atoms with E-state index in [-0.39, 0.29) is 12.5 Å². The first-order valence-corrected chi connectivity index (χ1v) is 8.27. The van der Waals surface area contributed by atoms with Crippen molar-refractivity contribution in [3.8, 4) is 0 Å². The summed E-state index contributed by atoms with van der Waals surface area (Å²) in [5.41, 5.74) is 2.25. The van der Waals surface area contributed by atoms with Crippen molar-refractivity contribution in [1.82, 2.24) is 20.3 Å². The van der Waals surface area contributed by atoms with E-state index in [4.69, 9.17) is 5.11 Å². The van der Waals surface area contributed by atoms with Crippen LogP contribution in [0, 0.1) is 11.8 Å². The Hall–Kier alpha value is -1.95. The summed E-state index contributed by atoms with van der Waals surface area (Å²) >= 11 is 0. The zero-order valence-corrected chi connectivity index (χ0v) is 14.1. The van der Waals surface area contributed by atoms with Crippen molar-refractivity contribution < 1.29 is 9.90 Å². The molecular weight excluding hydrogens is 292 g/mol. The molecule has 1 atom stereocenters. The number of aryl methyl sites for hydroxylation is 1. The predicted molar refractivity (Wildman–Crippen MR) is 90.2 cm³/mol. The first kappa shape index (κ1) is 17.4. The molecule has 1 aromatic heterocycles. The molecule has 126 valence electrons. The SMILES string of the molecule is CCn1nnc2cc(C(=O)NCC(CCO)CC(C)C)ccc21. The van der Waals surface area contributed by atoms with E-state index in [1.807, 2.05) is 13.0 Å². The third-order valence-electron chi connectivity index (χ3n) is 3.97. The van der Waals surface area contributed by atoms with Crippen molar-refractivity contribution in [1.29, 1.82) is 0 Å². The van der Waals surface area contributed by atoms with Gasteiger partial charge in [0.25, 0.3) is 5.91 Å². The van der Waals surface area contributed by atoms with Crippen LogP contribution < -0.4 is 5.32 Å². The van der Waals surface area contributed by atoms with Gasteiger partial charge in [-0.3, -0.25) is 4.79 Å². The Bertz CT molecular complexity index is 651. The summed E-state index contributed by atoms with van der Waals surface area (Å²) in [4.78, 5) is 12.3. The Morgan fingerprint density at radius 2 is 2.17 bits per heavy atom. The number of aliphatic hydroxyl groups excluding tert-OH is 1. The lowest BCUT2D eigenvalue weighted by molar-refractivity contribution is 0.0941. The molecule has 2 aromatic rings. The minimum atomic E-state index is -0.107. The van der Waals surface area contributed by atoms with E-state index < -0.39 is 0 Å². The maximum Gasteiger partial charge on any atom is 0.251 e. The Balaban J connectivity index is 2.02. The Morgan fingerprint density at radius 1 is 1.39 bits per heavy atom. The number of nitrogens with one attached hydrogen (secondary N) is 1. The summed E-state index contributed by atoms with van der Waals surface area (Å²) in [7, 11) is 0. The molecule has 0 spiro atoms. The number of amides is 1. The fraction of sp³-hybridized carbons (Fsp3) is 0.588. The number of aliphatic hydroxyl groups is 1. The highest BCUT2D eigenvalue weighted by Crippen LogP contribution is 2.16. The van der Waals surface area contributed by atoms with Crippen molar-refractivity contribution in [2.24, 2.45) is 11.8 Å². The van der Waals surface area contributed by atoms with Crippen LogP contribution in [-0.4, -0.2) is 39.2 Å². The Kier molecular flexibility index (Phi) is 6.10. The van der Waals surface area contributed by atoms with Gasteiger partial charge in [-0.15, -0.1) is 5.10 Å². The van der Waals surface area contributed by atoms with Crippen LogP contribution in [-0.2, 0) is 6.54 Å². The number of carbonyl (C=O) groups is 1. The normalized spacial score (nSPS) is 12.7. The molecule has 1 amide bonds. The molecule has 1 aromatic carbocycles. The minimum Gasteiger partial charge on any atom is -0.396 e. The summed E-state index contributed by atoms with van der Waals surface area (Å²) in [6.07, 6.45) is 1.70. The quantitative estimate of drug-likeness (QED) is 0.782. The molecule has 0 aliphatic heterocycles. The summed E-state index contributed by atoms with van der Waals surface area (Å²) in [5, 5.41) is 20.3. The minimum absolute atomic E-state index is 0.107.